The summed E-state index contributed by atoms with van der Waals surface area (Å²) in [5, 5.41) is -0.290. The summed E-state index contributed by atoms with van der Waals surface area (Å²) < 4.78 is 15.3. The minimum atomic E-state index is -0.910. The van der Waals surface area contributed by atoms with Gasteiger partial charge in [0.1, 0.15) is 5.69 Å². The van der Waals surface area contributed by atoms with E-state index in [0.29, 0.717) is 11.4 Å². The summed E-state index contributed by atoms with van der Waals surface area (Å²) in [5.74, 6) is 2.76. The van der Waals surface area contributed by atoms with Crippen molar-refractivity contribution in [3.8, 4) is 17.5 Å². The Morgan fingerprint density at radius 3 is 2.71 bits per heavy atom. The van der Waals surface area contributed by atoms with Crippen LogP contribution in [0, 0.1) is 24.6 Å². The summed E-state index contributed by atoms with van der Waals surface area (Å²) in [6, 6.07) is 2.81. The number of carbonyl (C=O) groups excluding carboxylic acids is 1. The molecule has 0 radical (unpaired) electrons. The highest BCUT2D eigenvalue weighted by Gasteiger charge is 2.20. The molecule has 3 aromatic heterocycles. The van der Waals surface area contributed by atoms with Crippen molar-refractivity contribution in [3.63, 3.8) is 0 Å². The standard InChI is InChI=1S/C19H15ClFN5O2/c1-9(2)15-16(10(3)6-7-23-15)26-18-11(8-12(21)17(20)25-18)13(24-19(26)28)4-5-14(22)27/h6-9H,1-3H3,(H2,22,27). The van der Waals surface area contributed by atoms with Gasteiger partial charge in [-0.3, -0.25) is 9.78 Å². The Bertz CT molecular complexity index is 1240. The number of primary amides is 1. The molecule has 0 spiro atoms. The van der Waals surface area contributed by atoms with E-state index >= 15 is 0 Å². The first-order chi connectivity index (χ1) is 13.2. The molecule has 0 fully saturated rings. The van der Waals surface area contributed by atoms with E-state index in [2.05, 4.69) is 26.8 Å². The second-order valence-electron chi connectivity index (χ2n) is 6.34. The number of nitrogens with two attached hydrogens (primary N) is 1. The molecule has 1 amide bonds. The van der Waals surface area contributed by atoms with Crippen LogP contribution in [0.25, 0.3) is 16.7 Å². The molecule has 3 heterocycles. The Hall–Kier alpha value is -3.31. The molecule has 0 aliphatic heterocycles. The maximum Gasteiger partial charge on any atom is 0.355 e. The largest absolute Gasteiger partial charge is 0.359 e. The second-order valence-corrected chi connectivity index (χ2v) is 6.70. The monoisotopic (exact) mass is 399 g/mol. The number of pyridine rings is 2. The van der Waals surface area contributed by atoms with Gasteiger partial charge in [-0.2, -0.15) is 4.98 Å². The van der Waals surface area contributed by atoms with Gasteiger partial charge < -0.3 is 5.73 Å². The van der Waals surface area contributed by atoms with E-state index in [9.17, 15) is 14.0 Å². The number of rotatable bonds is 2. The van der Waals surface area contributed by atoms with E-state index < -0.39 is 22.6 Å². The predicted octanol–water partition coefficient (Wildman–Crippen LogP) is 2.24. The number of aryl methyl sites for hydroxylation is 1. The first-order valence-corrected chi connectivity index (χ1v) is 8.64. The van der Waals surface area contributed by atoms with E-state index in [1.807, 2.05) is 20.8 Å². The van der Waals surface area contributed by atoms with E-state index in [0.717, 1.165) is 11.6 Å². The second kappa shape index (κ2) is 7.37. The average molecular weight is 400 g/mol. The number of halogens is 2. The molecule has 28 heavy (non-hydrogen) atoms. The molecule has 2 N–H and O–H groups in total. The fraction of sp³-hybridized carbons (Fsp3) is 0.211. The Kier molecular flexibility index (Phi) is 5.12. The van der Waals surface area contributed by atoms with Crippen LogP contribution < -0.4 is 11.4 Å². The normalized spacial score (nSPS) is 10.8. The Labute approximate surface area is 164 Å². The van der Waals surface area contributed by atoms with E-state index in [4.69, 9.17) is 17.3 Å². The molecule has 0 bridgehead atoms. The molecule has 0 saturated carbocycles. The van der Waals surface area contributed by atoms with Crippen LogP contribution in [0.1, 0.15) is 36.7 Å². The van der Waals surface area contributed by atoms with E-state index in [1.54, 1.807) is 12.3 Å². The summed E-state index contributed by atoms with van der Waals surface area (Å²) in [7, 11) is 0. The van der Waals surface area contributed by atoms with Gasteiger partial charge in [-0.1, -0.05) is 25.4 Å². The van der Waals surface area contributed by atoms with E-state index in [-0.39, 0.29) is 22.6 Å². The number of nitrogens with zero attached hydrogens (tertiary/aromatic N) is 4. The molecule has 0 aliphatic carbocycles. The molecule has 0 atom stereocenters. The van der Waals surface area contributed by atoms with Crippen LogP contribution in [0.3, 0.4) is 0 Å². The molecule has 0 aromatic carbocycles. The number of hydrogen-bond donors (Lipinski definition) is 1. The van der Waals surface area contributed by atoms with Gasteiger partial charge in [0.05, 0.1) is 16.8 Å². The molecule has 0 aliphatic rings. The van der Waals surface area contributed by atoms with Crippen LogP contribution in [-0.4, -0.2) is 25.4 Å². The van der Waals surface area contributed by atoms with Crippen LogP contribution in [0.5, 0.6) is 0 Å². The van der Waals surface area contributed by atoms with Gasteiger partial charge in [0.2, 0.25) is 0 Å². The molecule has 0 unspecified atom stereocenters. The molecular formula is C19H15ClFN5O2. The summed E-state index contributed by atoms with van der Waals surface area (Å²) in [5.41, 5.74) is 6.13. The highest BCUT2D eigenvalue weighted by atomic mass is 35.5. The van der Waals surface area contributed by atoms with Crippen molar-refractivity contribution in [2.75, 3.05) is 0 Å². The smallest absolute Gasteiger partial charge is 0.355 e. The van der Waals surface area contributed by atoms with Gasteiger partial charge in [0.15, 0.2) is 16.6 Å². The molecule has 9 heteroatoms. The number of aromatic nitrogens is 4. The Morgan fingerprint density at radius 1 is 1.36 bits per heavy atom. The van der Waals surface area contributed by atoms with Gasteiger partial charge in [0.25, 0.3) is 5.91 Å². The van der Waals surface area contributed by atoms with Crippen molar-refractivity contribution in [2.24, 2.45) is 5.73 Å². The minimum absolute atomic E-state index is 0.0119. The lowest BCUT2D eigenvalue weighted by atomic mass is 10.0. The van der Waals surface area contributed by atoms with Crippen molar-refractivity contribution < 1.29 is 9.18 Å². The molecule has 3 rings (SSSR count). The van der Waals surface area contributed by atoms with Gasteiger partial charge in [-0.25, -0.2) is 18.7 Å². The molecule has 3 aromatic rings. The van der Waals surface area contributed by atoms with Crippen LogP contribution >= 0.6 is 11.6 Å². The Balaban J connectivity index is 2.52. The van der Waals surface area contributed by atoms with Crippen molar-refractivity contribution in [1.29, 1.82) is 0 Å². The lowest BCUT2D eigenvalue weighted by Crippen LogP contribution is -2.26. The summed E-state index contributed by atoms with van der Waals surface area (Å²) in [6.45, 7) is 5.67. The number of amides is 1. The van der Waals surface area contributed by atoms with Crippen molar-refractivity contribution in [2.45, 2.75) is 26.7 Å². The molecule has 7 nitrogen and oxygen atoms in total. The molecule has 142 valence electrons. The van der Waals surface area contributed by atoms with Crippen molar-refractivity contribution >= 4 is 28.5 Å². The third kappa shape index (κ3) is 3.44. The highest BCUT2D eigenvalue weighted by Crippen LogP contribution is 2.27. The zero-order chi connectivity index (χ0) is 20.6. The van der Waals surface area contributed by atoms with Crippen LogP contribution in [0.15, 0.2) is 23.1 Å². The third-order valence-corrected chi connectivity index (χ3v) is 4.27. The third-order valence-electron chi connectivity index (χ3n) is 4.01. The average Bonchev–Trinajstić information content (AvgIpc) is 2.62. The first kappa shape index (κ1) is 19.5. The quantitative estimate of drug-likeness (QED) is 0.525. The topological polar surface area (TPSA) is 104 Å². The van der Waals surface area contributed by atoms with Crippen LogP contribution in [-0.2, 0) is 4.79 Å². The number of fused-ring (bicyclic) bond motifs is 1. The number of hydrogen-bond acceptors (Lipinski definition) is 5. The van der Waals surface area contributed by atoms with Gasteiger partial charge in [0, 0.05) is 12.1 Å². The predicted molar refractivity (Wildman–Crippen MR) is 103 cm³/mol. The zero-order valence-electron chi connectivity index (χ0n) is 15.2. The lowest BCUT2D eigenvalue weighted by molar-refractivity contribution is -0.112. The molecular weight excluding hydrogens is 385 g/mol. The fourth-order valence-electron chi connectivity index (χ4n) is 2.80. The maximum atomic E-state index is 14.1. The highest BCUT2D eigenvalue weighted by molar-refractivity contribution is 6.30. The first-order valence-electron chi connectivity index (χ1n) is 8.26. The SMILES string of the molecule is Cc1ccnc(C(C)C)c1-n1c(=O)nc(C#CC(N)=O)c2cc(F)c(Cl)nc21. The summed E-state index contributed by atoms with van der Waals surface area (Å²) in [6.07, 6.45) is 1.64. The summed E-state index contributed by atoms with van der Waals surface area (Å²) >= 11 is 5.87. The maximum absolute atomic E-state index is 14.1. The van der Waals surface area contributed by atoms with Gasteiger partial charge in [-0.15, -0.1) is 0 Å². The van der Waals surface area contributed by atoms with Gasteiger partial charge in [-0.05, 0) is 36.5 Å². The number of carbonyl (C=O) groups is 1. The van der Waals surface area contributed by atoms with Gasteiger partial charge >= 0.3 is 5.69 Å². The fourth-order valence-corrected chi connectivity index (χ4v) is 2.94. The van der Waals surface area contributed by atoms with Crippen molar-refractivity contribution in [3.05, 3.63) is 56.7 Å². The lowest BCUT2D eigenvalue weighted by Gasteiger charge is -2.17. The van der Waals surface area contributed by atoms with Crippen molar-refractivity contribution in [1.82, 2.24) is 19.5 Å². The van der Waals surface area contributed by atoms with E-state index in [1.165, 1.54) is 4.57 Å². The minimum Gasteiger partial charge on any atom is -0.359 e. The zero-order valence-corrected chi connectivity index (χ0v) is 16.0. The Morgan fingerprint density at radius 2 is 2.07 bits per heavy atom. The summed E-state index contributed by atoms with van der Waals surface area (Å²) in [4.78, 5) is 36.2. The molecule has 0 saturated heterocycles. The van der Waals surface area contributed by atoms with Crippen LogP contribution in [0.2, 0.25) is 5.15 Å². The van der Waals surface area contributed by atoms with Crippen LogP contribution in [0.4, 0.5) is 4.39 Å².